The van der Waals surface area contributed by atoms with Crippen molar-refractivity contribution in [1.82, 2.24) is 0 Å². The first-order valence-electron chi connectivity index (χ1n) is 10.5. The topological polar surface area (TPSA) is 137 Å². The second kappa shape index (κ2) is 8.19. The van der Waals surface area contributed by atoms with Crippen LogP contribution in [0.25, 0.3) is 10.4 Å². The number of fused-ring (bicyclic) bond motifs is 6. The van der Waals surface area contributed by atoms with Gasteiger partial charge in [-0.05, 0) is 48.4 Å². The molecular weight excluding hydrogens is 454 g/mol. The molecule has 10 heteroatoms. The molecule has 0 aromatic heterocycles. The average Bonchev–Trinajstić information content (AvgIpc) is 3.11. The van der Waals surface area contributed by atoms with Crippen LogP contribution in [0.3, 0.4) is 0 Å². The molecule has 0 amide bonds. The van der Waals surface area contributed by atoms with Crippen molar-refractivity contribution < 1.29 is 33.3 Å². The lowest BCUT2D eigenvalue weighted by molar-refractivity contribution is -0.149. The van der Waals surface area contributed by atoms with Gasteiger partial charge in [-0.2, -0.15) is 0 Å². The monoisotopic (exact) mass is 471 g/mol. The Labute approximate surface area is 198 Å². The molecule has 3 aromatic carbocycles. The van der Waals surface area contributed by atoms with Crippen LogP contribution in [0.15, 0.2) is 59.7 Å². The fourth-order valence-corrected chi connectivity index (χ4v) is 4.31. The van der Waals surface area contributed by atoms with E-state index in [1.807, 2.05) is 25.1 Å². The molecule has 1 spiro atoms. The van der Waals surface area contributed by atoms with Gasteiger partial charge in [0.1, 0.15) is 11.5 Å². The first kappa shape index (κ1) is 22.0. The Kier molecular flexibility index (Phi) is 5.15. The minimum absolute atomic E-state index is 0.140. The van der Waals surface area contributed by atoms with Gasteiger partial charge in [-0.25, -0.2) is 9.59 Å². The van der Waals surface area contributed by atoms with Crippen molar-refractivity contribution >= 4 is 23.6 Å². The number of rotatable bonds is 4. The minimum Gasteiger partial charge on any atom is -0.456 e. The van der Waals surface area contributed by atoms with Gasteiger partial charge >= 0.3 is 17.9 Å². The van der Waals surface area contributed by atoms with Gasteiger partial charge in [0.05, 0.1) is 11.1 Å². The predicted octanol–water partition coefficient (Wildman–Crippen LogP) is 5.18. The Morgan fingerprint density at radius 2 is 1.74 bits per heavy atom. The summed E-state index contributed by atoms with van der Waals surface area (Å²) in [5.74, 6) is -1.09. The van der Waals surface area contributed by atoms with E-state index in [2.05, 4.69) is 14.8 Å². The third-order valence-electron chi connectivity index (χ3n) is 5.79. The SMILES string of the molecule is CC(=O)OCOC(=O)c1ccc2c(c1)C1(OC2=O)c2ccc(C)cc2Oc2cc(N=[N+]=[N-])ccc21. The van der Waals surface area contributed by atoms with Gasteiger partial charge in [0.25, 0.3) is 0 Å². The molecule has 0 saturated carbocycles. The summed E-state index contributed by atoms with van der Waals surface area (Å²) in [4.78, 5) is 39.4. The molecule has 0 saturated heterocycles. The Hall–Kier alpha value is -4.82. The van der Waals surface area contributed by atoms with Crippen LogP contribution in [0.1, 0.15) is 49.9 Å². The van der Waals surface area contributed by atoms with E-state index in [9.17, 15) is 14.4 Å². The maximum absolute atomic E-state index is 13.0. The summed E-state index contributed by atoms with van der Waals surface area (Å²) in [5, 5.41) is 3.64. The molecule has 1 unspecified atom stereocenters. The van der Waals surface area contributed by atoms with E-state index in [-0.39, 0.29) is 11.1 Å². The van der Waals surface area contributed by atoms with Gasteiger partial charge in [-0.15, -0.1) is 0 Å². The van der Waals surface area contributed by atoms with Crippen molar-refractivity contribution in [2.24, 2.45) is 5.11 Å². The standard InChI is InChI=1S/C25H17N3O7/c1-13-3-7-18-21(9-13)34-22-11-16(27-28-26)5-8-19(22)25(18)20-10-15(4-6-17(20)24(31)35-25)23(30)33-12-32-14(2)29/h3-11H,12H2,1-2H3. The Bertz CT molecular complexity index is 1480. The van der Waals surface area contributed by atoms with Crippen LogP contribution in [-0.4, -0.2) is 24.7 Å². The van der Waals surface area contributed by atoms with Crippen LogP contribution in [0.4, 0.5) is 5.69 Å². The lowest BCUT2D eigenvalue weighted by Crippen LogP contribution is -2.33. The smallest absolute Gasteiger partial charge is 0.341 e. The third kappa shape index (κ3) is 3.53. The predicted molar refractivity (Wildman–Crippen MR) is 120 cm³/mol. The summed E-state index contributed by atoms with van der Waals surface area (Å²) in [7, 11) is 0. The number of esters is 3. The molecule has 2 heterocycles. The fourth-order valence-electron chi connectivity index (χ4n) is 4.31. The highest BCUT2D eigenvalue weighted by atomic mass is 16.7. The number of hydrogen-bond acceptors (Lipinski definition) is 8. The Morgan fingerprint density at radius 1 is 1.00 bits per heavy atom. The lowest BCUT2D eigenvalue weighted by Gasteiger charge is -2.36. The first-order chi connectivity index (χ1) is 16.8. The van der Waals surface area contributed by atoms with Crippen LogP contribution in [0, 0.1) is 6.92 Å². The minimum atomic E-state index is -1.41. The maximum Gasteiger partial charge on any atom is 0.341 e. The average molecular weight is 471 g/mol. The first-order valence-corrected chi connectivity index (χ1v) is 10.5. The van der Waals surface area contributed by atoms with Crippen LogP contribution in [0.2, 0.25) is 0 Å². The number of carbonyl (C=O) groups is 3. The number of benzene rings is 3. The summed E-state index contributed by atoms with van der Waals surface area (Å²) in [6.45, 7) is 2.56. The van der Waals surface area contributed by atoms with Crippen LogP contribution in [-0.2, 0) is 24.6 Å². The molecule has 1 atom stereocenters. The fraction of sp³-hybridized carbons (Fsp3) is 0.160. The summed E-state index contributed by atoms with van der Waals surface area (Å²) in [5.41, 5.74) is 10.6. The highest BCUT2D eigenvalue weighted by Crippen LogP contribution is 2.56. The second-order valence-corrected chi connectivity index (χ2v) is 7.99. The zero-order valence-electron chi connectivity index (χ0n) is 18.6. The van der Waals surface area contributed by atoms with Gasteiger partial charge in [0.2, 0.25) is 6.79 Å². The van der Waals surface area contributed by atoms with Crippen molar-refractivity contribution in [3.8, 4) is 11.5 Å². The molecule has 0 N–H and O–H groups in total. The van der Waals surface area contributed by atoms with Gasteiger partial charge in [-0.1, -0.05) is 29.4 Å². The number of nitrogens with zero attached hydrogens (tertiary/aromatic N) is 3. The maximum atomic E-state index is 13.0. The second-order valence-electron chi connectivity index (χ2n) is 7.99. The summed E-state index contributed by atoms with van der Waals surface area (Å²) >= 11 is 0. The van der Waals surface area contributed by atoms with Crippen LogP contribution >= 0.6 is 0 Å². The molecule has 0 fully saturated rings. The summed E-state index contributed by atoms with van der Waals surface area (Å²) in [6, 6.07) is 14.8. The molecule has 35 heavy (non-hydrogen) atoms. The van der Waals surface area contributed by atoms with E-state index in [1.165, 1.54) is 25.1 Å². The van der Waals surface area contributed by atoms with E-state index in [4.69, 9.17) is 19.7 Å². The molecule has 5 rings (SSSR count). The summed E-state index contributed by atoms with van der Waals surface area (Å²) in [6.07, 6.45) is 0. The molecule has 2 aliphatic rings. The van der Waals surface area contributed by atoms with Crippen LogP contribution in [0.5, 0.6) is 11.5 Å². The van der Waals surface area contributed by atoms with E-state index < -0.39 is 30.3 Å². The van der Waals surface area contributed by atoms with Crippen molar-refractivity contribution in [2.75, 3.05) is 6.79 Å². The molecule has 0 bridgehead atoms. The zero-order chi connectivity index (χ0) is 24.7. The highest BCUT2D eigenvalue weighted by molar-refractivity contribution is 5.99. The zero-order valence-corrected chi connectivity index (χ0v) is 18.6. The number of carbonyl (C=O) groups excluding carboxylic acids is 3. The van der Waals surface area contributed by atoms with Crippen molar-refractivity contribution in [1.29, 1.82) is 0 Å². The van der Waals surface area contributed by atoms with Gasteiger partial charge < -0.3 is 18.9 Å². The number of hydrogen-bond donors (Lipinski definition) is 0. The van der Waals surface area contributed by atoms with Gasteiger partial charge in [0.15, 0.2) is 5.60 Å². The normalized spacial score (nSPS) is 16.7. The molecule has 0 aliphatic carbocycles. The van der Waals surface area contributed by atoms with Gasteiger partial charge in [-0.3, -0.25) is 4.79 Å². The molecule has 174 valence electrons. The number of aryl methyl sites for hydroxylation is 1. The number of ether oxygens (including phenoxy) is 4. The quantitative estimate of drug-likeness (QED) is 0.168. The van der Waals surface area contributed by atoms with Crippen molar-refractivity contribution in [3.05, 3.63) is 98.4 Å². The molecule has 2 aliphatic heterocycles. The number of azide groups is 1. The molecule has 10 nitrogen and oxygen atoms in total. The van der Waals surface area contributed by atoms with E-state index >= 15 is 0 Å². The Balaban J connectivity index is 1.70. The largest absolute Gasteiger partial charge is 0.456 e. The van der Waals surface area contributed by atoms with E-state index in [1.54, 1.807) is 18.2 Å². The lowest BCUT2D eigenvalue weighted by atomic mass is 9.77. The van der Waals surface area contributed by atoms with E-state index in [0.29, 0.717) is 33.9 Å². The molecule has 0 radical (unpaired) electrons. The summed E-state index contributed by atoms with van der Waals surface area (Å²) < 4.78 is 21.9. The van der Waals surface area contributed by atoms with Crippen molar-refractivity contribution in [2.45, 2.75) is 19.4 Å². The molecular formula is C25H17N3O7. The highest BCUT2D eigenvalue weighted by Gasteiger charge is 2.53. The van der Waals surface area contributed by atoms with Gasteiger partial charge in [0, 0.05) is 34.2 Å². The Morgan fingerprint density at radius 3 is 2.49 bits per heavy atom. The van der Waals surface area contributed by atoms with Crippen molar-refractivity contribution in [3.63, 3.8) is 0 Å². The molecule has 3 aromatic rings. The van der Waals surface area contributed by atoms with E-state index in [0.717, 1.165) is 5.56 Å². The third-order valence-corrected chi connectivity index (χ3v) is 5.79. The van der Waals surface area contributed by atoms with Crippen LogP contribution < -0.4 is 4.74 Å².